The van der Waals surface area contributed by atoms with E-state index < -0.39 is 10.0 Å². The first-order valence-electron chi connectivity index (χ1n) is 7.35. The van der Waals surface area contributed by atoms with Crippen molar-refractivity contribution in [3.8, 4) is 0 Å². The Bertz CT molecular complexity index is 536. The molecule has 120 valence electrons. The largest absolute Gasteiger partial charge is 0.313 e. The third kappa shape index (κ3) is 4.45. The van der Waals surface area contributed by atoms with Crippen LogP contribution in [0.1, 0.15) is 38.2 Å². The summed E-state index contributed by atoms with van der Waals surface area (Å²) in [6.07, 6.45) is 7.64. The van der Waals surface area contributed by atoms with Gasteiger partial charge in [0.1, 0.15) is 0 Å². The van der Waals surface area contributed by atoms with Crippen LogP contribution in [-0.4, -0.2) is 42.7 Å². The third-order valence-electron chi connectivity index (χ3n) is 3.84. The molecule has 1 aliphatic rings. The molecule has 1 aromatic heterocycles. The number of sulfonamides is 1. The molecule has 0 bridgehead atoms. The Morgan fingerprint density at radius 1 is 1.38 bits per heavy atom. The molecule has 0 saturated heterocycles. The molecule has 0 aromatic carbocycles. The zero-order valence-electron chi connectivity index (χ0n) is 12.6. The Morgan fingerprint density at radius 3 is 2.71 bits per heavy atom. The number of hydrogen-bond acceptors (Lipinski definition) is 5. The first-order chi connectivity index (χ1) is 10.1. The van der Waals surface area contributed by atoms with E-state index in [2.05, 4.69) is 26.5 Å². The van der Waals surface area contributed by atoms with Crippen LogP contribution in [0.25, 0.3) is 0 Å². The number of rotatable bonds is 7. The first-order valence-corrected chi connectivity index (χ1v) is 10.1. The molecule has 2 rings (SSSR count). The van der Waals surface area contributed by atoms with E-state index in [4.69, 9.17) is 0 Å². The fourth-order valence-corrected chi connectivity index (χ4v) is 4.79. The molecular formula is C13H24N4O2S2. The average molecular weight is 332 g/mol. The van der Waals surface area contributed by atoms with E-state index in [-0.39, 0.29) is 11.1 Å². The lowest BCUT2D eigenvalue weighted by Crippen LogP contribution is -2.38. The third-order valence-corrected chi connectivity index (χ3v) is 6.51. The highest BCUT2D eigenvalue weighted by Crippen LogP contribution is 2.27. The number of nitrogens with zero attached hydrogens (tertiary/aromatic N) is 1. The number of H-pyrrole nitrogens is 1. The van der Waals surface area contributed by atoms with Crippen LogP contribution in [0.4, 0.5) is 0 Å². The van der Waals surface area contributed by atoms with Crippen LogP contribution in [0.15, 0.2) is 11.2 Å². The predicted molar refractivity (Wildman–Crippen MR) is 85.8 cm³/mol. The maximum Gasteiger partial charge on any atom is 0.258 e. The van der Waals surface area contributed by atoms with Crippen molar-refractivity contribution in [2.45, 2.75) is 55.5 Å². The topological polar surface area (TPSA) is 86.9 Å². The molecule has 21 heavy (non-hydrogen) atoms. The minimum Gasteiger partial charge on any atom is -0.313 e. The van der Waals surface area contributed by atoms with E-state index in [1.54, 1.807) is 6.20 Å². The molecule has 1 fully saturated rings. The molecular weight excluding hydrogens is 308 g/mol. The van der Waals surface area contributed by atoms with Crippen molar-refractivity contribution in [3.63, 3.8) is 0 Å². The lowest BCUT2D eigenvalue weighted by Gasteiger charge is -2.27. The molecule has 0 unspecified atom stereocenters. The molecule has 0 atom stereocenters. The minimum atomic E-state index is -3.52. The van der Waals surface area contributed by atoms with Gasteiger partial charge in [0.2, 0.25) is 0 Å². The molecule has 1 aromatic rings. The maximum atomic E-state index is 12.5. The molecule has 6 nitrogen and oxygen atoms in total. The second-order valence-electron chi connectivity index (χ2n) is 5.34. The van der Waals surface area contributed by atoms with Gasteiger partial charge in [-0.1, -0.05) is 6.92 Å². The van der Waals surface area contributed by atoms with Crippen LogP contribution in [0.3, 0.4) is 0 Å². The smallest absolute Gasteiger partial charge is 0.258 e. The first kappa shape index (κ1) is 16.8. The molecule has 0 amide bonds. The van der Waals surface area contributed by atoms with Crippen LogP contribution < -0.4 is 10.0 Å². The van der Waals surface area contributed by atoms with Gasteiger partial charge in [-0.3, -0.25) is 5.10 Å². The highest BCUT2D eigenvalue weighted by Gasteiger charge is 2.27. The summed E-state index contributed by atoms with van der Waals surface area (Å²) in [6, 6.07) is 0.0358. The van der Waals surface area contributed by atoms with Crippen molar-refractivity contribution in [1.82, 2.24) is 20.2 Å². The monoisotopic (exact) mass is 332 g/mol. The average Bonchev–Trinajstić information content (AvgIpc) is 2.95. The maximum absolute atomic E-state index is 12.5. The summed E-state index contributed by atoms with van der Waals surface area (Å²) in [5.74, 6) is 0. The Labute approximate surface area is 130 Å². The highest BCUT2D eigenvalue weighted by molar-refractivity contribution is 7.99. The molecule has 1 aliphatic carbocycles. The number of nitrogens with one attached hydrogen (secondary N) is 3. The van der Waals surface area contributed by atoms with E-state index in [1.165, 1.54) is 0 Å². The number of aromatic nitrogens is 2. The van der Waals surface area contributed by atoms with Crippen LogP contribution in [0.5, 0.6) is 0 Å². The van der Waals surface area contributed by atoms with Crippen molar-refractivity contribution >= 4 is 21.8 Å². The molecule has 1 heterocycles. The zero-order chi connectivity index (χ0) is 15.3. The van der Waals surface area contributed by atoms with Crippen molar-refractivity contribution in [2.75, 3.05) is 12.8 Å². The lowest BCUT2D eigenvalue weighted by molar-refractivity contribution is 0.419. The Hall–Kier alpha value is -0.570. The Kier molecular flexibility index (Phi) is 6.09. The Morgan fingerprint density at radius 2 is 2.10 bits per heavy atom. The fraction of sp³-hybridized carbons (Fsp3) is 0.769. The van der Waals surface area contributed by atoms with Crippen LogP contribution in [-0.2, 0) is 16.6 Å². The highest BCUT2D eigenvalue weighted by atomic mass is 32.2. The minimum absolute atomic E-state index is 0.0358. The number of hydrogen-bond donors (Lipinski definition) is 3. The number of thioether (sulfide) groups is 1. The van der Waals surface area contributed by atoms with Crippen molar-refractivity contribution in [3.05, 3.63) is 11.8 Å². The zero-order valence-corrected chi connectivity index (χ0v) is 14.2. The van der Waals surface area contributed by atoms with E-state index in [9.17, 15) is 8.42 Å². The van der Waals surface area contributed by atoms with Crippen molar-refractivity contribution in [2.24, 2.45) is 0 Å². The van der Waals surface area contributed by atoms with Gasteiger partial charge >= 0.3 is 0 Å². The van der Waals surface area contributed by atoms with Gasteiger partial charge in [0.15, 0.2) is 5.03 Å². The van der Waals surface area contributed by atoms with Gasteiger partial charge in [0, 0.05) is 23.4 Å². The van der Waals surface area contributed by atoms with Gasteiger partial charge in [-0.2, -0.15) is 16.9 Å². The SMILES string of the molecule is CCNCc1cn[nH]c1S(=O)(=O)NC1CCC(SC)CC1. The van der Waals surface area contributed by atoms with Gasteiger partial charge in [-0.25, -0.2) is 13.1 Å². The van der Waals surface area contributed by atoms with Gasteiger partial charge < -0.3 is 5.32 Å². The van der Waals surface area contributed by atoms with E-state index in [0.29, 0.717) is 17.4 Å². The van der Waals surface area contributed by atoms with E-state index in [0.717, 1.165) is 32.2 Å². The summed E-state index contributed by atoms with van der Waals surface area (Å²) in [6.45, 7) is 3.27. The summed E-state index contributed by atoms with van der Waals surface area (Å²) in [7, 11) is -3.52. The fourth-order valence-electron chi connectivity index (χ4n) is 2.61. The van der Waals surface area contributed by atoms with Crippen LogP contribution in [0.2, 0.25) is 0 Å². The van der Waals surface area contributed by atoms with Crippen LogP contribution in [0, 0.1) is 0 Å². The summed E-state index contributed by atoms with van der Waals surface area (Å²) in [4.78, 5) is 0. The summed E-state index contributed by atoms with van der Waals surface area (Å²) < 4.78 is 27.8. The van der Waals surface area contributed by atoms with E-state index >= 15 is 0 Å². The van der Waals surface area contributed by atoms with Gasteiger partial charge in [0.05, 0.1) is 6.20 Å². The van der Waals surface area contributed by atoms with Gasteiger partial charge in [-0.05, 0) is 38.5 Å². The Balaban J connectivity index is 2.00. The molecule has 0 spiro atoms. The standard InChI is InChI=1S/C13H24N4O2S2/c1-3-14-8-10-9-15-16-13(10)21(18,19)17-11-4-6-12(20-2)7-5-11/h9,11-12,14,17H,3-8H2,1-2H3,(H,15,16). The van der Waals surface area contributed by atoms with Crippen LogP contribution >= 0.6 is 11.8 Å². The molecule has 1 saturated carbocycles. The molecule has 8 heteroatoms. The molecule has 0 radical (unpaired) electrons. The molecule has 3 N–H and O–H groups in total. The lowest BCUT2D eigenvalue weighted by atomic mass is 9.96. The second-order valence-corrected chi connectivity index (χ2v) is 8.12. The van der Waals surface area contributed by atoms with Gasteiger partial charge in [0.25, 0.3) is 10.0 Å². The molecule has 0 aliphatic heterocycles. The summed E-state index contributed by atoms with van der Waals surface area (Å²) in [5, 5.41) is 10.5. The van der Waals surface area contributed by atoms with E-state index in [1.807, 2.05) is 18.7 Å². The summed E-state index contributed by atoms with van der Waals surface area (Å²) in [5.41, 5.74) is 0.683. The number of aromatic amines is 1. The second kappa shape index (κ2) is 7.62. The van der Waals surface area contributed by atoms with Crippen molar-refractivity contribution in [1.29, 1.82) is 0 Å². The quantitative estimate of drug-likeness (QED) is 0.704. The van der Waals surface area contributed by atoms with Crippen molar-refractivity contribution < 1.29 is 8.42 Å². The van der Waals surface area contributed by atoms with Gasteiger partial charge in [-0.15, -0.1) is 0 Å². The normalized spacial score (nSPS) is 23.3. The predicted octanol–water partition coefficient (Wildman–Crippen LogP) is 1.47. The summed E-state index contributed by atoms with van der Waals surface area (Å²) >= 11 is 1.87.